The van der Waals surface area contributed by atoms with Crippen molar-refractivity contribution in [2.45, 2.75) is 65.5 Å². The summed E-state index contributed by atoms with van der Waals surface area (Å²) in [6.45, 7) is 7.72. The molecule has 19 heteroatoms. The zero-order valence-electron chi connectivity index (χ0n) is 33.5. The fourth-order valence-corrected chi connectivity index (χ4v) is 5.38. The number of anilines is 1. The summed E-state index contributed by atoms with van der Waals surface area (Å²) >= 11 is 0. The molecule has 0 radical (unpaired) electrons. The second kappa shape index (κ2) is 28.2. The molecule has 7 amide bonds. The van der Waals surface area contributed by atoms with Crippen LogP contribution < -0.4 is 27.0 Å². The van der Waals surface area contributed by atoms with E-state index in [0.29, 0.717) is 38.5 Å². The van der Waals surface area contributed by atoms with Gasteiger partial charge in [0.15, 0.2) is 5.78 Å². The van der Waals surface area contributed by atoms with Crippen LogP contribution in [0.25, 0.3) is 0 Å². The first kappa shape index (κ1) is 48.9. The predicted molar refractivity (Wildman–Crippen MR) is 209 cm³/mol. The number of urea groups is 1. The number of amides is 7. The van der Waals surface area contributed by atoms with E-state index in [1.807, 2.05) is 0 Å². The van der Waals surface area contributed by atoms with Crippen LogP contribution in [0.4, 0.5) is 10.5 Å². The monoisotopic (exact) mass is 818 g/mol. The molecule has 6 N–H and O–H groups in total. The number of rotatable bonds is 31. The summed E-state index contributed by atoms with van der Waals surface area (Å²) in [6.07, 6.45) is 2.89. The zero-order chi connectivity index (χ0) is 42.7. The van der Waals surface area contributed by atoms with E-state index in [1.54, 1.807) is 38.1 Å². The molecule has 1 aromatic carbocycles. The zero-order valence-corrected chi connectivity index (χ0v) is 33.5. The lowest BCUT2D eigenvalue weighted by atomic mass is 9.89. The van der Waals surface area contributed by atoms with Gasteiger partial charge in [-0.1, -0.05) is 26.0 Å². The van der Waals surface area contributed by atoms with Gasteiger partial charge in [0, 0.05) is 69.6 Å². The molecule has 0 spiro atoms. The number of ketones is 1. The third kappa shape index (κ3) is 21.3. The number of imide groups is 1. The first-order valence-corrected chi connectivity index (χ1v) is 19.3. The summed E-state index contributed by atoms with van der Waals surface area (Å²) in [5.74, 6) is -3.65. The van der Waals surface area contributed by atoms with Crippen LogP contribution in [0.15, 0.2) is 36.4 Å². The highest BCUT2D eigenvalue weighted by molar-refractivity contribution is 6.13. The molecule has 58 heavy (non-hydrogen) atoms. The van der Waals surface area contributed by atoms with Crippen LogP contribution in [0, 0.1) is 11.8 Å². The summed E-state index contributed by atoms with van der Waals surface area (Å²) in [7, 11) is 0. The van der Waals surface area contributed by atoms with E-state index in [1.165, 1.54) is 19.1 Å². The van der Waals surface area contributed by atoms with Crippen LogP contribution in [0.2, 0.25) is 0 Å². The molecule has 322 valence electrons. The van der Waals surface area contributed by atoms with Gasteiger partial charge in [-0.25, -0.2) is 4.79 Å². The summed E-state index contributed by atoms with van der Waals surface area (Å²) in [6, 6.07) is 5.21. The lowest BCUT2D eigenvalue weighted by Crippen LogP contribution is -2.45. The molecule has 2 atom stereocenters. The van der Waals surface area contributed by atoms with Crippen molar-refractivity contribution >= 4 is 53.0 Å². The van der Waals surface area contributed by atoms with Crippen molar-refractivity contribution in [1.82, 2.24) is 20.9 Å². The second-order valence-electron chi connectivity index (χ2n) is 13.5. The Kier molecular flexibility index (Phi) is 23.8. The summed E-state index contributed by atoms with van der Waals surface area (Å²) in [5, 5.41) is 10.7. The van der Waals surface area contributed by atoms with Gasteiger partial charge >= 0.3 is 12.0 Å². The maximum atomic E-state index is 13.5. The van der Waals surface area contributed by atoms with E-state index in [9.17, 15) is 38.4 Å². The van der Waals surface area contributed by atoms with Crippen LogP contribution in [0.3, 0.4) is 0 Å². The van der Waals surface area contributed by atoms with Crippen molar-refractivity contribution < 1.29 is 62.0 Å². The number of hydrogen-bond acceptors (Lipinski definition) is 13. The normalized spacial score (nSPS) is 13.3. The van der Waals surface area contributed by atoms with Crippen molar-refractivity contribution in [1.29, 1.82) is 0 Å². The fourth-order valence-electron chi connectivity index (χ4n) is 5.38. The number of nitrogens with one attached hydrogen (secondary N) is 4. The van der Waals surface area contributed by atoms with Crippen molar-refractivity contribution in [3.63, 3.8) is 0 Å². The number of nitrogens with zero attached hydrogens (tertiary/aromatic N) is 1. The maximum absolute atomic E-state index is 13.5. The molecule has 0 aromatic heterocycles. The van der Waals surface area contributed by atoms with E-state index in [4.69, 9.17) is 29.4 Å². The molecular formula is C39H58N6O13. The molecule has 1 aliphatic heterocycles. The van der Waals surface area contributed by atoms with E-state index < -0.39 is 41.7 Å². The molecule has 1 aliphatic rings. The van der Waals surface area contributed by atoms with Crippen LogP contribution in [0.1, 0.15) is 58.4 Å². The van der Waals surface area contributed by atoms with E-state index in [2.05, 4.69) is 21.3 Å². The molecule has 1 heterocycles. The molecule has 2 rings (SSSR count). The highest BCUT2D eigenvalue weighted by Gasteiger charge is 2.29. The third-order valence-electron chi connectivity index (χ3n) is 8.46. The van der Waals surface area contributed by atoms with Gasteiger partial charge in [-0.15, -0.1) is 0 Å². The molecule has 0 saturated carbocycles. The number of carbonyl (C=O) groups excluding carboxylic acids is 8. The van der Waals surface area contributed by atoms with E-state index in [0.717, 1.165) is 10.5 Å². The van der Waals surface area contributed by atoms with Gasteiger partial charge < -0.3 is 50.7 Å². The second-order valence-corrected chi connectivity index (χ2v) is 13.5. The molecule has 1 unspecified atom stereocenters. The summed E-state index contributed by atoms with van der Waals surface area (Å²) in [5.41, 5.74) is 6.37. The number of carbonyl (C=O) groups is 8. The van der Waals surface area contributed by atoms with E-state index >= 15 is 0 Å². The van der Waals surface area contributed by atoms with Gasteiger partial charge in [0.25, 0.3) is 11.8 Å². The summed E-state index contributed by atoms with van der Waals surface area (Å²) < 4.78 is 26.8. The molecule has 0 saturated heterocycles. The van der Waals surface area contributed by atoms with Gasteiger partial charge in [0.05, 0.1) is 58.9 Å². The average molecular weight is 819 g/mol. The number of Topliss-reactive ketones (excluding diaryl/α,β-unsaturated/α-hetero) is 1. The SMILES string of the molecule is CC(=O)OCc1ccc(NC(=O)C(CCCNC(N)=O)CC(=O)[C@@H](NC(=O)CCOCCOCCOCCOCCNC(=O)CCN2C(=O)C=CC2=O)C(C)C)cc1. The number of nitrogens with two attached hydrogens (primary N) is 1. The minimum absolute atomic E-state index is 0.0117. The number of esters is 1. The van der Waals surface area contributed by atoms with E-state index in [-0.39, 0.29) is 102 Å². The number of benzene rings is 1. The summed E-state index contributed by atoms with van der Waals surface area (Å²) in [4.78, 5) is 97.6. The highest BCUT2D eigenvalue weighted by Crippen LogP contribution is 2.19. The average Bonchev–Trinajstić information content (AvgIpc) is 3.50. The van der Waals surface area contributed by atoms with Gasteiger partial charge in [-0.3, -0.25) is 38.5 Å². The molecule has 0 aliphatic carbocycles. The van der Waals surface area contributed by atoms with Crippen LogP contribution >= 0.6 is 0 Å². The Bertz CT molecular complexity index is 1520. The van der Waals surface area contributed by atoms with Crippen molar-refractivity contribution in [2.75, 3.05) is 77.8 Å². The van der Waals surface area contributed by atoms with Crippen molar-refractivity contribution in [3.8, 4) is 0 Å². The van der Waals surface area contributed by atoms with Gasteiger partial charge in [0.2, 0.25) is 17.7 Å². The first-order valence-electron chi connectivity index (χ1n) is 19.3. The lowest BCUT2D eigenvalue weighted by Gasteiger charge is -2.24. The topological polar surface area (TPSA) is 260 Å². The molecule has 19 nitrogen and oxygen atoms in total. The Morgan fingerprint density at radius 1 is 0.741 bits per heavy atom. The van der Waals surface area contributed by atoms with Gasteiger partial charge in [-0.2, -0.15) is 0 Å². The van der Waals surface area contributed by atoms with Gasteiger partial charge in [0.1, 0.15) is 6.61 Å². The van der Waals surface area contributed by atoms with Gasteiger partial charge in [-0.05, 0) is 36.5 Å². The quantitative estimate of drug-likeness (QED) is 0.0394. The minimum Gasteiger partial charge on any atom is -0.461 e. The largest absolute Gasteiger partial charge is 0.461 e. The van der Waals surface area contributed by atoms with Crippen LogP contribution in [-0.2, 0) is 63.9 Å². The maximum Gasteiger partial charge on any atom is 0.312 e. The minimum atomic E-state index is -0.836. The smallest absolute Gasteiger partial charge is 0.312 e. The molecular weight excluding hydrogens is 760 g/mol. The Morgan fingerprint density at radius 2 is 1.33 bits per heavy atom. The molecule has 0 bridgehead atoms. The fraction of sp³-hybridized carbons (Fsp3) is 0.590. The highest BCUT2D eigenvalue weighted by atomic mass is 16.6. The van der Waals surface area contributed by atoms with Crippen molar-refractivity contribution in [3.05, 3.63) is 42.0 Å². The first-order chi connectivity index (χ1) is 27.8. The Labute approximate surface area is 338 Å². The number of ether oxygens (including phenoxy) is 5. The molecule has 0 fully saturated rings. The Hall–Kier alpha value is -5.24. The van der Waals surface area contributed by atoms with Crippen LogP contribution in [-0.4, -0.2) is 131 Å². The Balaban J connectivity index is 1.60. The molecule has 1 aromatic rings. The predicted octanol–water partition coefficient (Wildman–Crippen LogP) is 0.741. The number of primary amides is 1. The lowest BCUT2D eigenvalue weighted by molar-refractivity contribution is -0.142. The number of hydrogen-bond donors (Lipinski definition) is 5. The van der Waals surface area contributed by atoms with Crippen LogP contribution in [0.5, 0.6) is 0 Å². The third-order valence-corrected chi connectivity index (χ3v) is 8.46. The van der Waals surface area contributed by atoms with Crippen molar-refractivity contribution in [2.24, 2.45) is 17.6 Å². The Morgan fingerprint density at radius 3 is 1.90 bits per heavy atom. The standard InChI is InChI=1S/C39H58N6O13/c1-27(2)37(32(47)25-30(5-4-14-42-39(40)53)38(52)43-31-8-6-29(7-9-31)26-58-28(3)46)44-34(49)13-17-54-19-21-56-23-24-57-22-20-55-18-15-41-33(48)12-16-45-35(50)10-11-36(45)51/h6-11,27,30,37H,4-5,12-26H2,1-3H3,(H,41,48)(H,43,52)(H,44,49)(H3,40,42,53)/t30?,37-/m0/s1.